The average molecular weight is 224 g/mol. The van der Waals surface area contributed by atoms with Gasteiger partial charge in [0.25, 0.3) is 0 Å². The number of nitrogens with zero attached hydrogens (tertiary/aromatic N) is 1. The minimum absolute atomic E-state index is 0.0187. The number of nitrogens with one attached hydrogen (secondary N) is 1. The smallest absolute Gasteiger partial charge is 0.132 e. The Labute approximate surface area is 97.1 Å². The zero-order valence-corrected chi connectivity index (χ0v) is 11.2. The van der Waals surface area contributed by atoms with Gasteiger partial charge in [0, 0.05) is 16.7 Å². The van der Waals surface area contributed by atoms with Gasteiger partial charge in [0.1, 0.15) is 10.5 Å². The molecule has 0 saturated carbocycles. The van der Waals surface area contributed by atoms with Crippen LogP contribution in [0, 0.1) is 11.6 Å². The Morgan fingerprint density at radius 3 is 2.20 bits per heavy atom. The van der Waals surface area contributed by atoms with Gasteiger partial charge >= 0.3 is 0 Å². The molecule has 3 heteroatoms. The highest BCUT2D eigenvalue weighted by atomic mass is 32.1. The Hall–Kier alpha value is -0.700. The van der Waals surface area contributed by atoms with Crippen LogP contribution < -0.4 is 0 Å². The first-order valence-electron chi connectivity index (χ1n) is 5.34. The van der Waals surface area contributed by atoms with Crippen molar-refractivity contribution in [2.45, 2.75) is 52.9 Å². The van der Waals surface area contributed by atoms with E-state index in [9.17, 15) is 0 Å². The number of aromatic amines is 1. The zero-order chi connectivity index (χ0) is 11.8. The first kappa shape index (κ1) is 12.4. The Bertz CT molecular complexity index is 411. The lowest BCUT2D eigenvalue weighted by molar-refractivity contribution is 0.536. The maximum atomic E-state index is 5.29. The van der Waals surface area contributed by atoms with Crippen molar-refractivity contribution >= 4 is 12.2 Å². The molecule has 1 aromatic heterocycles. The summed E-state index contributed by atoms with van der Waals surface area (Å²) in [5.41, 5.74) is 2.33. The molecule has 0 fully saturated rings. The highest BCUT2D eigenvalue weighted by Crippen LogP contribution is 2.23. The largest absolute Gasteiger partial charge is 0.346 e. The Kier molecular flexibility index (Phi) is 3.34. The van der Waals surface area contributed by atoms with E-state index >= 15 is 0 Å². The highest BCUT2D eigenvalue weighted by molar-refractivity contribution is 7.71. The van der Waals surface area contributed by atoms with E-state index in [4.69, 9.17) is 12.2 Å². The molecule has 0 unspecified atom stereocenters. The van der Waals surface area contributed by atoms with Crippen molar-refractivity contribution in [1.82, 2.24) is 9.97 Å². The van der Waals surface area contributed by atoms with Gasteiger partial charge in [0.05, 0.1) is 0 Å². The third-order valence-corrected chi connectivity index (χ3v) is 2.88. The number of rotatable bonds is 1. The molecule has 0 aliphatic heterocycles. The van der Waals surface area contributed by atoms with Crippen LogP contribution >= 0.6 is 12.2 Å². The van der Waals surface area contributed by atoms with Crippen LogP contribution in [-0.4, -0.2) is 9.97 Å². The summed E-state index contributed by atoms with van der Waals surface area (Å²) in [5, 5.41) is 0. The first-order valence-corrected chi connectivity index (χ1v) is 5.75. The molecule has 0 amide bonds. The van der Waals surface area contributed by atoms with Crippen molar-refractivity contribution in [2.24, 2.45) is 0 Å². The van der Waals surface area contributed by atoms with Gasteiger partial charge in [-0.15, -0.1) is 0 Å². The third-order valence-electron chi connectivity index (χ3n) is 2.48. The van der Waals surface area contributed by atoms with E-state index in [1.165, 1.54) is 5.69 Å². The first-order chi connectivity index (χ1) is 6.73. The molecule has 2 nitrogen and oxygen atoms in total. The molecule has 0 aliphatic carbocycles. The second-order valence-corrected chi connectivity index (χ2v) is 5.72. The van der Waals surface area contributed by atoms with E-state index in [-0.39, 0.29) is 5.41 Å². The lowest BCUT2D eigenvalue weighted by Gasteiger charge is -2.20. The van der Waals surface area contributed by atoms with Crippen LogP contribution in [0.2, 0.25) is 0 Å². The lowest BCUT2D eigenvalue weighted by Crippen LogP contribution is -2.18. The monoisotopic (exact) mass is 224 g/mol. The van der Waals surface area contributed by atoms with Gasteiger partial charge in [0.15, 0.2) is 0 Å². The lowest BCUT2D eigenvalue weighted by atomic mass is 9.95. The molecule has 1 rings (SSSR count). The topological polar surface area (TPSA) is 28.7 Å². The fourth-order valence-corrected chi connectivity index (χ4v) is 1.68. The Morgan fingerprint density at radius 1 is 1.27 bits per heavy atom. The molecule has 0 atom stereocenters. The van der Waals surface area contributed by atoms with Gasteiger partial charge in [0.2, 0.25) is 0 Å². The molecule has 0 aliphatic rings. The molecule has 15 heavy (non-hydrogen) atoms. The van der Waals surface area contributed by atoms with Crippen molar-refractivity contribution in [3.63, 3.8) is 0 Å². The Morgan fingerprint density at radius 2 is 1.80 bits per heavy atom. The van der Waals surface area contributed by atoms with Crippen LogP contribution in [0.25, 0.3) is 0 Å². The fraction of sp³-hybridized carbons (Fsp3) is 0.667. The number of H-pyrrole nitrogens is 1. The summed E-state index contributed by atoms with van der Waals surface area (Å²) >= 11 is 5.29. The summed E-state index contributed by atoms with van der Waals surface area (Å²) in [6.45, 7) is 12.8. The normalized spacial score (nSPS) is 12.2. The van der Waals surface area contributed by atoms with Crippen molar-refractivity contribution in [1.29, 1.82) is 0 Å². The van der Waals surface area contributed by atoms with Crippen LogP contribution in [0.4, 0.5) is 0 Å². The van der Waals surface area contributed by atoms with Crippen LogP contribution in [0.5, 0.6) is 0 Å². The summed E-state index contributed by atoms with van der Waals surface area (Å²) in [5.74, 6) is 1.43. The van der Waals surface area contributed by atoms with E-state index in [0.717, 1.165) is 16.0 Å². The van der Waals surface area contributed by atoms with Crippen LogP contribution in [0.15, 0.2) is 0 Å². The quantitative estimate of drug-likeness (QED) is 0.734. The van der Waals surface area contributed by atoms with Gasteiger partial charge < -0.3 is 4.98 Å². The summed E-state index contributed by atoms with van der Waals surface area (Å²) in [4.78, 5) is 7.86. The number of hydrogen-bond donors (Lipinski definition) is 1. The van der Waals surface area contributed by atoms with Crippen molar-refractivity contribution in [3.8, 4) is 0 Å². The second kappa shape index (κ2) is 4.05. The van der Waals surface area contributed by atoms with Gasteiger partial charge in [-0.2, -0.15) is 0 Å². The van der Waals surface area contributed by atoms with Crippen LogP contribution in [-0.2, 0) is 5.41 Å². The minimum atomic E-state index is 0.0187. The van der Waals surface area contributed by atoms with E-state index < -0.39 is 0 Å². The number of aromatic nitrogens is 2. The van der Waals surface area contributed by atoms with E-state index in [0.29, 0.717) is 5.92 Å². The van der Waals surface area contributed by atoms with Gasteiger partial charge in [-0.05, 0) is 12.8 Å². The third kappa shape index (κ3) is 2.65. The summed E-state index contributed by atoms with van der Waals surface area (Å²) in [6, 6.07) is 0. The maximum absolute atomic E-state index is 5.29. The van der Waals surface area contributed by atoms with Crippen molar-refractivity contribution in [3.05, 3.63) is 21.7 Å². The molecule has 0 spiro atoms. The average Bonchev–Trinajstić information content (AvgIpc) is 2.06. The maximum Gasteiger partial charge on any atom is 0.132 e. The van der Waals surface area contributed by atoms with Gasteiger partial charge in [-0.3, -0.25) is 0 Å². The molecular formula is C12H20N2S. The molecule has 1 aromatic rings. The number of hydrogen-bond acceptors (Lipinski definition) is 2. The molecule has 0 saturated heterocycles. The van der Waals surface area contributed by atoms with E-state index in [1.807, 2.05) is 6.92 Å². The molecule has 84 valence electrons. The molecule has 0 bridgehead atoms. The predicted molar refractivity (Wildman–Crippen MR) is 66.9 cm³/mol. The Balaban J connectivity index is 3.43. The summed E-state index contributed by atoms with van der Waals surface area (Å²) in [7, 11) is 0. The standard InChI is InChI=1S/C12H20N2S/c1-7(2)9-8(3)10(15)14-11(13-9)12(4,5)6/h7H,1-6H3,(H,13,14,15). The molecule has 0 aromatic carbocycles. The minimum Gasteiger partial charge on any atom is -0.346 e. The second-order valence-electron chi connectivity index (χ2n) is 5.33. The predicted octanol–water partition coefficient (Wildman–Crippen LogP) is 3.87. The fourth-order valence-electron chi connectivity index (χ4n) is 1.48. The van der Waals surface area contributed by atoms with E-state index in [2.05, 4.69) is 44.6 Å². The molecule has 1 N–H and O–H groups in total. The van der Waals surface area contributed by atoms with Crippen molar-refractivity contribution < 1.29 is 0 Å². The molecule has 1 heterocycles. The zero-order valence-electron chi connectivity index (χ0n) is 10.4. The molecule has 0 radical (unpaired) electrons. The van der Waals surface area contributed by atoms with E-state index in [1.54, 1.807) is 0 Å². The van der Waals surface area contributed by atoms with Crippen LogP contribution in [0.1, 0.15) is 57.6 Å². The van der Waals surface area contributed by atoms with Gasteiger partial charge in [-0.25, -0.2) is 4.98 Å². The van der Waals surface area contributed by atoms with Gasteiger partial charge in [-0.1, -0.05) is 46.8 Å². The highest BCUT2D eigenvalue weighted by Gasteiger charge is 2.18. The van der Waals surface area contributed by atoms with Crippen LogP contribution in [0.3, 0.4) is 0 Å². The SMILES string of the molecule is Cc1c(C(C)C)[nH]c(C(C)(C)C)nc1=S. The molecular weight excluding hydrogens is 204 g/mol. The van der Waals surface area contributed by atoms with Crippen molar-refractivity contribution in [2.75, 3.05) is 0 Å². The summed E-state index contributed by atoms with van der Waals surface area (Å²) < 4.78 is 0.724. The summed E-state index contributed by atoms with van der Waals surface area (Å²) in [6.07, 6.45) is 0.